The highest BCUT2D eigenvalue weighted by Gasteiger charge is 2.30. The van der Waals surface area contributed by atoms with Gasteiger partial charge in [-0.15, -0.1) is 0 Å². The van der Waals surface area contributed by atoms with E-state index in [0.717, 1.165) is 23.2 Å². The number of fused-ring (bicyclic) bond motifs is 1. The topological polar surface area (TPSA) is 49.4 Å². The number of nitrogens with one attached hydrogen (secondary N) is 1. The first-order valence-corrected chi connectivity index (χ1v) is 9.91. The molecule has 0 radical (unpaired) electrons. The molecule has 0 unspecified atom stereocenters. The first-order valence-electron chi connectivity index (χ1n) is 9.15. The summed E-state index contributed by atoms with van der Waals surface area (Å²) in [6.07, 6.45) is 2.32. The number of benzene rings is 2. The van der Waals surface area contributed by atoms with Crippen LogP contribution < -0.4 is 10.2 Å². The average molecular weight is 403 g/mol. The number of piperidine rings is 1. The normalized spacial score (nSPS) is 22.4. The van der Waals surface area contributed by atoms with Crippen molar-refractivity contribution in [3.63, 3.8) is 0 Å². The standard InChI is InChI=1S/C21H20Cl2N2O2/c1-12-8-16(17-10-14(22)11-18(23)21(17)24-12)13-4-2-5-15(9-13)25-19(26)6-3-7-20(25)27/h2,4-5,9-12,16,24H,3,6-8H2,1H3/t12-,16-/m0/s1. The van der Waals surface area contributed by atoms with Crippen LogP contribution in [0.5, 0.6) is 0 Å². The third-order valence-corrected chi connectivity index (χ3v) is 5.77. The number of hydrogen-bond acceptors (Lipinski definition) is 3. The van der Waals surface area contributed by atoms with Gasteiger partial charge in [0.15, 0.2) is 0 Å². The van der Waals surface area contributed by atoms with Gasteiger partial charge in [0.1, 0.15) is 0 Å². The Bertz CT molecular complexity index is 912. The molecule has 2 aromatic rings. The van der Waals surface area contributed by atoms with Crippen LogP contribution in [-0.2, 0) is 9.59 Å². The Labute approximate surface area is 168 Å². The molecular formula is C21H20Cl2N2O2. The van der Waals surface area contributed by atoms with E-state index in [1.165, 1.54) is 4.90 Å². The fourth-order valence-electron chi connectivity index (χ4n) is 4.04. The molecule has 2 amide bonds. The Morgan fingerprint density at radius 1 is 1.07 bits per heavy atom. The summed E-state index contributed by atoms with van der Waals surface area (Å²) in [5, 5.41) is 4.64. The van der Waals surface area contributed by atoms with E-state index in [4.69, 9.17) is 23.2 Å². The molecule has 0 aliphatic carbocycles. The fourth-order valence-corrected chi connectivity index (χ4v) is 4.61. The smallest absolute Gasteiger partial charge is 0.233 e. The Morgan fingerprint density at radius 3 is 2.56 bits per heavy atom. The van der Waals surface area contributed by atoms with Crippen LogP contribution in [0.1, 0.15) is 49.7 Å². The van der Waals surface area contributed by atoms with Gasteiger partial charge in [0.05, 0.1) is 16.4 Å². The van der Waals surface area contributed by atoms with E-state index in [1.807, 2.05) is 30.3 Å². The summed E-state index contributed by atoms with van der Waals surface area (Å²) in [5.74, 6) is -0.176. The second-order valence-corrected chi connectivity index (χ2v) is 8.10. The van der Waals surface area contributed by atoms with Crippen LogP contribution in [-0.4, -0.2) is 17.9 Å². The first-order chi connectivity index (χ1) is 12.9. The van der Waals surface area contributed by atoms with E-state index < -0.39 is 0 Å². The van der Waals surface area contributed by atoms with Crippen LogP contribution in [0.15, 0.2) is 36.4 Å². The zero-order chi connectivity index (χ0) is 19.1. The van der Waals surface area contributed by atoms with Crippen molar-refractivity contribution in [2.45, 2.75) is 44.6 Å². The highest BCUT2D eigenvalue weighted by molar-refractivity contribution is 6.36. The third kappa shape index (κ3) is 3.44. The van der Waals surface area contributed by atoms with Gasteiger partial charge in [-0.25, -0.2) is 0 Å². The Hall–Kier alpha value is -2.04. The van der Waals surface area contributed by atoms with Crippen molar-refractivity contribution in [3.05, 3.63) is 57.6 Å². The third-order valence-electron chi connectivity index (χ3n) is 5.25. The Kier molecular flexibility index (Phi) is 4.87. The van der Waals surface area contributed by atoms with Crippen LogP contribution in [0.4, 0.5) is 11.4 Å². The fraction of sp³-hybridized carbons (Fsp3) is 0.333. The molecule has 1 fully saturated rings. The summed E-state index contributed by atoms with van der Waals surface area (Å²) in [5.41, 5.74) is 3.63. The van der Waals surface area contributed by atoms with E-state index >= 15 is 0 Å². The van der Waals surface area contributed by atoms with E-state index in [0.29, 0.717) is 35.0 Å². The molecular weight excluding hydrogens is 383 g/mol. The van der Waals surface area contributed by atoms with E-state index in [2.05, 4.69) is 12.2 Å². The molecule has 2 aromatic carbocycles. The zero-order valence-electron chi connectivity index (χ0n) is 15.0. The molecule has 2 aliphatic rings. The minimum atomic E-state index is -0.131. The summed E-state index contributed by atoms with van der Waals surface area (Å²) in [6.45, 7) is 2.11. The molecule has 4 rings (SSSR count). The summed E-state index contributed by atoms with van der Waals surface area (Å²) >= 11 is 12.7. The molecule has 1 N–H and O–H groups in total. The Balaban J connectivity index is 1.77. The number of amides is 2. The van der Waals surface area contributed by atoms with Crippen molar-refractivity contribution >= 4 is 46.4 Å². The maximum absolute atomic E-state index is 12.3. The van der Waals surface area contributed by atoms with Crippen LogP contribution in [0.2, 0.25) is 10.0 Å². The van der Waals surface area contributed by atoms with Crippen molar-refractivity contribution < 1.29 is 9.59 Å². The van der Waals surface area contributed by atoms with Gasteiger partial charge in [-0.3, -0.25) is 14.5 Å². The van der Waals surface area contributed by atoms with Gasteiger partial charge in [-0.1, -0.05) is 35.3 Å². The van der Waals surface area contributed by atoms with Crippen LogP contribution in [0.25, 0.3) is 0 Å². The maximum atomic E-state index is 12.3. The van der Waals surface area contributed by atoms with Gasteiger partial charge in [-0.05, 0) is 55.2 Å². The molecule has 0 spiro atoms. The monoisotopic (exact) mass is 402 g/mol. The number of nitrogens with zero attached hydrogens (tertiary/aromatic N) is 1. The zero-order valence-corrected chi connectivity index (χ0v) is 16.5. The molecule has 27 heavy (non-hydrogen) atoms. The second kappa shape index (κ2) is 7.17. The highest BCUT2D eigenvalue weighted by Crippen LogP contribution is 2.44. The molecule has 1 saturated heterocycles. The van der Waals surface area contributed by atoms with Crippen LogP contribution >= 0.6 is 23.2 Å². The predicted molar refractivity (Wildman–Crippen MR) is 109 cm³/mol. The summed E-state index contributed by atoms with van der Waals surface area (Å²) < 4.78 is 0. The molecule has 0 bridgehead atoms. The average Bonchev–Trinajstić information content (AvgIpc) is 2.62. The number of halogens is 2. The molecule has 0 saturated carbocycles. The lowest BCUT2D eigenvalue weighted by atomic mass is 9.82. The molecule has 4 nitrogen and oxygen atoms in total. The SMILES string of the molecule is C[C@H]1C[C@@H](c2cccc(N3C(=O)CCCC3=O)c2)c2cc(Cl)cc(Cl)c2N1. The lowest BCUT2D eigenvalue weighted by molar-refractivity contribution is -0.129. The number of carbonyl (C=O) groups excluding carboxylic acids is 2. The van der Waals surface area contributed by atoms with Crippen molar-refractivity contribution in [1.29, 1.82) is 0 Å². The van der Waals surface area contributed by atoms with Crippen molar-refractivity contribution in [1.82, 2.24) is 0 Å². The van der Waals surface area contributed by atoms with Gasteiger partial charge >= 0.3 is 0 Å². The summed E-state index contributed by atoms with van der Waals surface area (Å²) in [4.78, 5) is 25.9. The first kappa shape index (κ1) is 18.3. The molecule has 6 heteroatoms. The minimum absolute atomic E-state index is 0.0856. The number of imide groups is 1. The lowest BCUT2D eigenvalue weighted by Gasteiger charge is -2.33. The van der Waals surface area contributed by atoms with Crippen molar-refractivity contribution in [3.8, 4) is 0 Å². The predicted octanol–water partition coefficient (Wildman–Crippen LogP) is 5.37. The molecule has 2 heterocycles. The van der Waals surface area contributed by atoms with E-state index in [9.17, 15) is 9.59 Å². The van der Waals surface area contributed by atoms with Gasteiger partial charge < -0.3 is 5.32 Å². The van der Waals surface area contributed by atoms with Gasteiger partial charge in [0.25, 0.3) is 0 Å². The van der Waals surface area contributed by atoms with Crippen molar-refractivity contribution in [2.24, 2.45) is 0 Å². The van der Waals surface area contributed by atoms with Crippen LogP contribution in [0, 0.1) is 0 Å². The number of rotatable bonds is 2. The van der Waals surface area contributed by atoms with E-state index in [1.54, 1.807) is 6.07 Å². The number of carbonyl (C=O) groups is 2. The van der Waals surface area contributed by atoms with Gasteiger partial charge in [-0.2, -0.15) is 0 Å². The molecule has 0 aromatic heterocycles. The second-order valence-electron chi connectivity index (χ2n) is 7.26. The summed E-state index contributed by atoms with van der Waals surface area (Å²) in [6, 6.07) is 11.6. The largest absolute Gasteiger partial charge is 0.381 e. The molecule has 140 valence electrons. The van der Waals surface area contributed by atoms with Gasteiger partial charge in [0.2, 0.25) is 11.8 Å². The summed E-state index contributed by atoms with van der Waals surface area (Å²) in [7, 11) is 0. The van der Waals surface area contributed by atoms with Crippen LogP contribution in [0.3, 0.4) is 0 Å². The quantitative estimate of drug-likeness (QED) is 0.686. The minimum Gasteiger partial charge on any atom is -0.381 e. The molecule has 2 atom stereocenters. The maximum Gasteiger partial charge on any atom is 0.233 e. The van der Waals surface area contributed by atoms with Crippen molar-refractivity contribution in [2.75, 3.05) is 10.2 Å². The highest BCUT2D eigenvalue weighted by atomic mass is 35.5. The Morgan fingerprint density at radius 2 is 1.81 bits per heavy atom. The van der Waals surface area contributed by atoms with Gasteiger partial charge in [0, 0.05) is 29.8 Å². The lowest BCUT2D eigenvalue weighted by Crippen LogP contribution is -2.40. The number of anilines is 2. The number of hydrogen-bond donors (Lipinski definition) is 1. The molecule has 2 aliphatic heterocycles. The van der Waals surface area contributed by atoms with E-state index in [-0.39, 0.29) is 23.8 Å².